The van der Waals surface area contributed by atoms with Gasteiger partial charge in [0.1, 0.15) is 23.7 Å². The number of nitrogens with zero attached hydrogens (tertiary/aromatic N) is 4. The number of rotatable bonds is 7. The van der Waals surface area contributed by atoms with Crippen LogP contribution in [0.5, 0.6) is 5.75 Å². The summed E-state index contributed by atoms with van der Waals surface area (Å²) in [5.41, 5.74) is 3.12. The molecule has 0 fully saturated rings. The Hall–Kier alpha value is -4.21. The Morgan fingerprint density at radius 3 is 2.34 bits per heavy atom. The van der Waals surface area contributed by atoms with Crippen molar-refractivity contribution in [3.63, 3.8) is 0 Å². The molecule has 0 aliphatic rings. The van der Waals surface area contributed by atoms with E-state index in [1.165, 1.54) is 30.6 Å². The number of hydrogen-bond acceptors (Lipinski definition) is 7. The monoisotopic (exact) mass is 438 g/mol. The zero-order valence-corrected chi connectivity index (χ0v) is 16.5. The third-order valence-electron chi connectivity index (χ3n) is 4.31. The highest BCUT2D eigenvalue weighted by atomic mass is 19.4. The third kappa shape index (κ3) is 5.91. The molecule has 162 valence electrons. The Morgan fingerprint density at radius 2 is 1.59 bits per heavy atom. The highest BCUT2D eigenvalue weighted by Gasteiger charge is 2.30. The maximum Gasteiger partial charge on any atom is 0.573 e. The van der Waals surface area contributed by atoms with Crippen LogP contribution in [0.4, 0.5) is 30.5 Å². The van der Waals surface area contributed by atoms with Crippen LogP contribution >= 0.6 is 0 Å². The molecule has 0 amide bonds. The average Bonchev–Trinajstić information content (AvgIpc) is 2.79. The van der Waals surface area contributed by atoms with E-state index >= 15 is 0 Å². The van der Waals surface area contributed by atoms with Gasteiger partial charge in [-0.3, -0.25) is 4.98 Å². The normalized spacial score (nSPS) is 11.1. The van der Waals surface area contributed by atoms with Gasteiger partial charge in [0.15, 0.2) is 0 Å². The molecule has 0 bridgehead atoms. The fourth-order valence-corrected chi connectivity index (χ4v) is 2.85. The summed E-state index contributed by atoms with van der Waals surface area (Å²) in [6, 6.07) is 14.7. The SMILES string of the molecule is FC(F)(F)Oc1ccc(Nc2cc(-c3ccnc(NCc4ccncc4)c3)ncn2)cc1. The van der Waals surface area contributed by atoms with Gasteiger partial charge in [0.05, 0.1) is 5.69 Å². The molecule has 2 N–H and O–H groups in total. The summed E-state index contributed by atoms with van der Waals surface area (Å²) in [6.07, 6.45) is 1.81. The predicted molar refractivity (Wildman–Crippen MR) is 113 cm³/mol. The molecule has 0 spiro atoms. The quantitative estimate of drug-likeness (QED) is 0.411. The largest absolute Gasteiger partial charge is 0.573 e. The lowest BCUT2D eigenvalue weighted by molar-refractivity contribution is -0.274. The molecular formula is C22H17F3N6O. The average molecular weight is 438 g/mol. The van der Waals surface area contributed by atoms with Crippen molar-refractivity contribution in [2.75, 3.05) is 10.6 Å². The van der Waals surface area contributed by atoms with Gasteiger partial charge in [-0.15, -0.1) is 13.2 Å². The van der Waals surface area contributed by atoms with E-state index in [1.54, 1.807) is 24.7 Å². The van der Waals surface area contributed by atoms with Crippen molar-refractivity contribution in [1.82, 2.24) is 19.9 Å². The first-order valence-electron chi connectivity index (χ1n) is 9.49. The third-order valence-corrected chi connectivity index (χ3v) is 4.31. The summed E-state index contributed by atoms with van der Waals surface area (Å²) in [4.78, 5) is 16.8. The van der Waals surface area contributed by atoms with Crippen LogP contribution in [0.25, 0.3) is 11.3 Å². The molecule has 3 aromatic heterocycles. The maximum atomic E-state index is 12.3. The number of alkyl halides is 3. The Balaban J connectivity index is 1.45. The van der Waals surface area contributed by atoms with Crippen molar-refractivity contribution < 1.29 is 17.9 Å². The summed E-state index contributed by atoms with van der Waals surface area (Å²) in [7, 11) is 0. The van der Waals surface area contributed by atoms with Crippen molar-refractivity contribution in [1.29, 1.82) is 0 Å². The number of nitrogens with one attached hydrogen (secondary N) is 2. The molecule has 4 rings (SSSR count). The molecule has 0 radical (unpaired) electrons. The van der Waals surface area contributed by atoms with Gasteiger partial charge in [0.25, 0.3) is 0 Å². The van der Waals surface area contributed by atoms with E-state index in [2.05, 4.69) is 35.3 Å². The Labute approximate surface area is 181 Å². The van der Waals surface area contributed by atoms with Crippen LogP contribution in [0.3, 0.4) is 0 Å². The topological polar surface area (TPSA) is 84.9 Å². The van der Waals surface area contributed by atoms with Crippen molar-refractivity contribution in [2.45, 2.75) is 12.9 Å². The fourth-order valence-electron chi connectivity index (χ4n) is 2.85. The second-order valence-corrected chi connectivity index (χ2v) is 6.62. The fraction of sp³-hybridized carbons (Fsp3) is 0.0909. The summed E-state index contributed by atoms with van der Waals surface area (Å²) in [5.74, 6) is 0.880. The summed E-state index contributed by atoms with van der Waals surface area (Å²) in [6.45, 7) is 0.601. The van der Waals surface area contributed by atoms with Crippen LogP contribution < -0.4 is 15.4 Å². The van der Waals surface area contributed by atoms with E-state index in [0.717, 1.165) is 11.1 Å². The Bertz CT molecular complexity index is 1170. The number of aromatic nitrogens is 4. The van der Waals surface area contributed by atoms with Crippen molar-refractivity contribution in [3.8, 4) is 17.0 Å². The van der Waals surface area contributed by atoms with E-state index in [9.17, 15) is 13.2 Å². The molecule has 0 atom stereocenters. The van der Waals surface area contributed by atoms with Crippen molar-refractivity contribution in [2.24, 2.45) is 0 Å². The molecule has 3 heterocycles. The lowest BCUT2D eigenvalue weighted by atomic mass is 10.2. The van der Waals surface area contributed by atoms with E-state index in [0.29, 0.717) is 29.6 Å². The van der Waals surface area contributed by atoms with Gasteiger partial charge < -0.3 is 15.4 Å². The number of pyridine rings is 2. The second kappa shape index (κ2) is 9.29. The first-order chi connectivity index (χ1) is 15.4. The van der Waals surface area contributed by atoms with Crippen LogP contribution in [-0.2, 0) is 6.54 Å². The number of ether oxygens (including phenoxy) is 1. The van der Waals surface area contributed by atoms with E-state index in [-0.39, 0.29) is 5.75 Å². The number of benzene rings is 1. The molecule has 0 aliphatic carbocycles. The molecule has 32 heavy (non-hydrogen) atoms. The molecular weight excluding hydrogens is 421 g/mol. The first-order valence-corrected chi connectivity index (χ1v) is 9.49. The molecule has 4 aromatic rings. The highest BCUT2D eigenvalue weighted by Crippen LogP contribution is 2.26. The summed E-state index contributed by atoms with van der Waals surface area (Å²) < 4.78 is 40.7. The minimum Gasteiger partial charge on any atom is -0.406 e. The van der Waals surface area contributed by atoms with Crippen LogP contribution in [0, 0.1) is 0 Å². The first kappa shape index (κ1) is 21.0. The van der Waals surface area contributed by atoms with Gasteiger partial charge in [-0.1, -0.05) is 0 Å². The van der Waals surface area contributed by atoms with Crippen LogP contribution in [0.15, 0.2) is 79.5 Å². The molecule has 0 saturated carbocycles. The van der Waals surface area contributed by atoms with Crippen LogP contribution in [-0.4, -0.2) is 26.3 Å². The number of hydrogen-bond donors (Lipinski definition) is 2. The van der Waals surface area contributed by atoms with Gasteiger partial charge >= 0.3 is 6.36 Å². The molecule has 7 nitrogen and oxygen atoms in total. The lowest BCUT2D eigenvalue weighted by Gasteiger charge is -2.11. The van der Waals surface area contributed by atoms with Crippen LogP contribution in [0.1, 0.15) is 5.56 Å². The zero-order valence-electron chi connectivity index (χ0n) is 16.5. The summed E-state index contributed by atoms with van der Waals surface area (Å²) >= 11 is 0. The van der Waals surface area contributed by atoms with Gasteiger partial charge in [0.2, 0.25) is 0 Å². The van der Waals surface area contributed by atoms with Gasteiger partial charge in [0, 0.05) is 42.5 Å². The minimum absolute atomic E-state index is 0.296. The van der Waals surface area contributed by atoms with E-state index < -0.39 is 6.36 Å². The smallest absolute Gasteiger partial charge is 0.406 e. The van der Waals surface area contributed by atoms with Gasteiger partial charge in [-0.05, 0) is 54.1 Å². The number of anilines is 3. The molecule has 0 saturated heterocycles. The molecule has 0 unspecified atom stereocenters. The highest BCUT2D eigenvalue weighted by molar-refractivity contribution is 5.67. The van der Waals surface area contributed by atoms with Gasteiger partial charge in [-0.2, -0.15) is 0 Å². The molecule has 1 aromatic carbocycles. The zero-order chi connectivity index (χ0) is 22.4. The standard InChI is InChI=1S/C22H17F3N6O/c23-22(24,25)32-18-3-1-17(2-4-18)31-21-12-19(29-14-30-21)16-7-10-27-20(11-16)28-13-15-5-8-26-9-6-15/h1-12,14H,13H2,(H,27,28)(H,29,30,31). The predicted octanol–water partition coefficient (Wildman–Crippen LogP) is 5.19. The molecule has 0 aliphatic heterocycles. The lowest BCUT2D eigenvalue weighted by Crippen LogP contribution is -2.16. The Morgan fingerprint density at radius 1 is 0.812 bits per heavy atom. The van der Waals surface area contributed by atoms with E-state index in [1.807, 2.05) is 24.3 Å². The van der Waals surface area contributed by atoms with E-state index in [4.69, 9.17) is 0 Å². The summed E-state index contributed by atoms with van der Waals surface area (Å²) in [5, 5.41) is 6.30. The van der Waals surface area contributed by atoms with Gasteiger partial charge in [-0.25, -0.2) is 15.0 Å². The van der Waals surface area contributed by atoms with Crippen molar-refractivity contribution in [3.05, 3.63) is 85.1 Å². The maximum absolute atomic E-state index is 12.3. The minimum atomic E-state index is -4.73. The number of halogens is 3. The van der Waals surface area contributed by atoms with Crippen molar-refractivity contribution >= 4 is 17.3 Å². The Kier molecular flexibility index (Phi) is 6.11. The molecule has 10 heteroatoms. The second-order valence-electron chi connectivity index (χ2n) is 6.62. The van der Waals surface area contributed by atoms with Crippen LogP contribution in [0.2, 0.25) is 0 Å².